The third-order valence-electron chi connectivity index (χ3n) is 2.95. The number of aryl methyl sites for hydroxylation is 1. The van der Waals surface area contributed by atoms with Gasteiger partial charge < -0.3 is 4.98 Å². The van der Waals surface area contributed by atoms with Crippen molar-refractivity contribution in [3.63, 3.8) is 0 Å². The average Bonchev–Trinajstić information content (AvgIpc) is 2.58. The van der Waals surface area contributed by atoms with Crippen LogP contribution in [0, 0.1) is 12.8 Å². The van der Waals surface area contributed by atoms with Gasteiger partial charge in [-0.3, -0.25) is 0 Å². The molecule has 0 saturated carbocycles. The van der Waals surface area contributed by atoms with E-state index in [1.54, 1.807) is 0 Å². The summed E-state index contributed by atoms with van der Waals surface area (Å²) in [6.07, 6.45) is 8.80. The van der Waals surface area contributed by atoms with Crippen molar-refractivity contribution in [2.45, 2.75) is 52.9 Å². The summed E-state index contributed by atoms with van der Waals surface area (Å²) in [6, 6.07) is 2.27. The predicted octanol–water partition coefficient (Wildman–Crippen LogP) is 4.08. The molecule has 14 heavy (non-hydrogen) atoms. The second-order valence-corrected chi connectivity index (χ2v) is 4.31. The molecule has 80 valence electrons. The largest absolute Gasteiger partial charge is 0.365 e. The average molecular weight is 193 g/mol. The maximum atomic E-state index is 3.25. The van der Waals surface area contributed by atoms with Crippen molar-refractivity contribution in [1.29, 1.82) is 0 Å². The van der Waals surface area contributed by atoms with E-state index in [9.17, 15) is 0 Å². The quantitative estimate of drug-likeness (QED) is 0.700. The SMILES string of the molecule is CCCCC(CC)Cc1c[nH]c(C)c1. The number of nitrogens with one attached hydrogen (secondary N) is 1. The summed E-state index contributed by atoms with van der Waals surface area (Å²) in [4.78, 5) is 3.25. The van der Waals surface area contributed by atoms with Crippen LogP contribution in [-0.2, 0) is 6.42 Å². The molecule has 0 aliphatic heterocycles. The lowest BCUT2D eigenvalue weighted by atomic mass is 9.93. The summed E-state index contributed by atoms with van der Waals surface area (Å²) in [5, 5.41) is 0. The molecule has 0 aliphatic rings. The Balaban J connectivity index is 2.40. The van der Waals surface area contributed by atoms with E-state index in [0.717, 1.165) is 5.92 Å². The topological polar surface area (TPSA) is 15.8 Å². The van der Waals surface area contributed by atoms with Gasteiger partial charge in [-0.25, -0.2) is 0 Å². The number of rotatable bonds is 6. The first-order chi connectivity index (χ1) is 6.76. The molecule has 1 nitrogen and oxygen atoms in total. The van der Waals surface area contributed by atoms with E-state index < -0.39 is 0 Å². The Bertz CT molecular complexity index is 249. The number of H-pyrrole nitrogens is 1. The Morgan fingerprint density at radius 2 is 2.14 bits per heavy atom. The highest BCUT2D eigenvalue weighted by atomic mass is 14.7. The van der Waals surface area contributed by atoms with Crippen molar-refractivity contribution in [2.75, 3.05) is 0 Å². The fourth-order valence-corrected chi connectivity index (χ4v) is 1.96. The minimum absolute atomic E-state index is 0.880. The first kappa shape index (κ1) is 11.4. The van der Waals surface area contributed by atoms with Crippen molar-refractivity contribution in [3.8, 4) is 0 Å². The molecular formula is C13H23N. The van der Waals surface area contributed by atoms with Gasteiger partial charge >= 0.3 is 0 Å². The molecule has 1 unspecified atom stereocenters. The Kier molecular flexibility index (Phi) is 4.78. The van der Waals surface area contributed by atoms with Gasteiger partial charge in [0.15, 0.2) is 0 Å². The molecule has 1 rings (SSSR count). The number of unbranched alkanes of at least 4 members (excludes halogenated alkanes) is 1. The Morgan fingerprint density at radius 3 is 2.64 bits per heavy atom. The fraction of sp³-hybridized carbons (Fsp3) is 0.692. The summed E-state index contributed by atoms with van der Waals surface area (Å²) in [5.41, 5.74) is 2.76. The molecule has 0 radical (unpaired) electrons. The highest BCUT2D eigenvalue weighted by Crippen LogP contribution is 2.18. The molecule has 1 N–H and O–H groups in total. The van der Waals surface area contributed by atoms with Crippen LogP contribution in [0.2, 0.25) is 0 Å². The lowest BCUT2D eigenvalue weighted by Gasteiger charge is -2.12. The van der Waals surface area contributed by atoms with Crippen LogP contribution in [0.25, 0.3) is 0 Å². The van der Waals surface area contributed by atoms with Crippen LogP contribution in [0.1, 0.15) is 50.8 Å². The maximum absolute atomic E-state index is 3.25. The third-order valence-corrected chi connectivity index (χ3v) is 2.95. The van der Waals surface area contributed by atoms with Crippen LogP contribution < -0.4 is 0 Å². The van der Waals surface area contributed by atoms with Gasteiger partial charge in [-0.05, 0) is 30.9 Å². The van der Waals surface area contributed by atoms with E-state index in [0.29, 0.717) is 0 Å². The van der Waals surface area contributed by atoms with Crippen LogP contribution in [0.4, 0.5) is 0 Å². The molecule has 1 atom stereocenters. The molecule has 0 saturated heterocycles. The number of hydrogen-bond acceptors (Lipinski definition) is 0. The normalized spacial score (nSPS) is 13.1. The van der Waals surface area contributed by atoms with Gasteiger partial charge in [0.1, 0.15) is 0 Å². The van der Waals surface area contributed by atoms with Crippen LogP contribution in [0.3, 0.4) is 0 Å². The Hall–Kier alpha value is -0.720. The van der Waals surface area contributed by atoms with Crippen molar-refractivity contribution < 1.29 is 0 Å². The zero-order valence-corrected chi connectivity index (χ0v) is 9.77. The van der Waals surface area contributed by atoms with Gasteiger partial charge in [0.25, 0.3) is 0 Å². The summed E-state index contributed by atoms with van der Waals surface area (Å²) in [7, 11) is 0. The van der Waals surface area contributed by atoms with Crippen LogP contribution in [-0.4, -0.2) is 4.98 Å². The standard InChI is InChI=1S/C13H23N/c1-4-6-7-12(5-2)9-13-8-11(3)14-10-13/h8,10,12,14H,4-7,9H2,1-3H3. The van der Waals surface area contributed by atoms with E-state index in [1.165, 1.54) is 43.4 Å². The summed E-state index contributed by atoms with van der Waals surface area (Å²) >= 11 is 0. The van der Waals surface area contributed by atoms with E-state index in [1.807, 2.05) is 0 Å². The van der Waals surface area contributed by atoms with Gasteiger partial charge in [0, 0.05) is 11.9 Å². The monoisotopic (exact) mass is 193 g/mol. The zero-order chi connectivity index (χ0) is 10.4. The van der Waals surface area contributed by atoms with Crippen molar-refractivity contribution in [2.24, 2.45) is 5.92 Å². The smallest absolute Gasteiger partial charge is 0.0118 e. The lowest BCUT2D eigenvalue weighted by Crippen LogP contribution is -2.02. The van der Waals surface area contributed by atoms with Crippen molar-refractivity contribution in [3.05, 3.63) is 23.5 Å². The highest BCUT2D eigenvalue weighted by molar-refractivity contribution is 5.15. The van der Waals surface area contributed by atoms with Gasteiger partial charge in [-0.1, -0.05) is 39.5 Å². The summed E-state index contributed by atoms with van der Waals surface area (Å²) in [5.74, 6) is 0.880. The van der Waals surface area contributed by atoms with Crippen LogP contribution >= 0.6 is 0 Å². The molecule has 1 aromatic rings. The molecule has 0 spiro atoms. The summed E-state index contributed by atoms with van der Waals surface area (Å²) < 4.78 is 0. The molecule has 0 bridgehead atoms. The van der Waals surface area contributed by atoms with Crippen LogP contribution in [0.5, 0.6) is 0 Å². The molecule has 1 heteroatoms. The first-order valence-corrected chi connectivity index (χ1v) is 5.90. The number of hydrogen-bond donors (Lipinski definition) is 1. The molecule has 0 amide bonds. The lowest BCUT2D eigenvalue weighted by molar-refractivity contribution is 0.449. The van der Waals surface area contributed by atoms with Gasteiger partial charge in [-0.2, -0.15) is 0 Å². The Labute approximate surface area is 87.9 Å². The van der Waals surface area contributed by atoms with E-state index in [-0.39, 0.29) is 0 Å². The van der Waals surface area contributed by atoms with Crippen LogP contribution in [0.15, 0.2) is 12.3 Å². The van der Waals surface area contributed by atoms with E-state index in [2.05, 4.69) is 38.0 Å². The highest BCUT2D eigenvalue weighted by Gasteiger charge is 2.07. The maximum Gasteiger partial charge on any atom is 0.0118 e. The zero-order valence-electron chi connectivity index (χ0n) is 9.77. The minimum atomic E-state index is 0.880. The minimum Gasteiger partial charge on any atom is -0.365 e. The van der Waals surface area contributed by atoms with Crippen molar-refractivity contribution in [1.82, 2.24) is 4.98 Å². The van der Waals surface area contributed by atoms with Gasteiger partial charge in [-0.15, -0.1) is 0 Å². The molecule has 1 heterocycles. The van der Waals surface area contributed by atoms with Gasteiger partial charge in [0.05, 0.1) is 0 Å². The number of aromatic nitrogens is 1. The van der Waals surface area contributed by atoms with Gasteiger partial charge in [0.2, 0.25) is 0 Å². The molecule has 0 fully saturated rings. The van der Waals surface area contributed by atoms with E-state index >= 15 is 0 Å². The Morgan fingerprint density at radius 1 is 1.36 bits per heavy atom. The predicted molar refractivity (Wildman–Crippen MR) is 62.5 cm³/mol. The second kappa shape index (κ2) is 5.90. The molecule has 1 aromatic heterocycles. The molecule has 0 aromatic carbocycles. The molecule has 0 aliphatic carbocycles. The second-order valence-electron chi connectivity index (χ2n) is 4.31. The van der Waals surface area contributed by atoms with E-state index in [4.69, 9.17) is 0 Å². The third kappa shape index (κ3) is 3.57. The molecular weight excluding hydrogens is 170 g/mol. The summed E-state index contributed by atoms with van der Waals surface area (Å²) in [6.45, 7) is 6.70. The number of aromatic amines is 1. The first-order valence-electron chi connectivity index (χ1n) is 5.90. The fourth-order valence-electron chi connectivity index (χ4n) is 1.96. The van der Waals surface area contributed by atoms with Crippen molar-refractivity contribution >= 4 is 0 Å².